The number of hydrogen-bond acceptors (Lipinski definition) is 2. The Morgan fingerprint density at radius 3 is 2.33 bits per heavy atom. The van der Waals surface area contributed by atoms with Gasteiger partial charge in [0, 0.05) is 14.1 Å². The van der Waals surface area contributed by atoms with Crippen LogP contribution in [0.3, 0.4) is 0 Å². The van der Waals surface area contributed by atoms with E-state index in [1.807, 2.05) is 27.1 Å². The van der Waals surface area contributed by atoms with Crippen LogP contribution in [0.25, 0.3) is 6.08 Å². The molecule has 0 saturated heterocycles. The van der Waals surface area contributed by atoms with Crippen molar-refractivity contribution in [2.24, 2.45) is 5.10 Å². The van der Waals surface area contributed by atoms with Crippen LogP contribution in [0.5, 0.6) is 0 Å². The highest BCUT2D eigenvalue weighted by Gasteiger charge is 1.88. The van der Waals surface area contributed by atoms with Crippen molar-refractivity contribution in [3.05, 3.63) is 41.5 Å². The maximum atomic E-state index is 4.27. The second-order valence-electron chi connectivity index (χ2n) is 3.83. The number of rotatable bonds is 3. The van der Waals surface area contributed by atoms with Crippen LogP contribution < -0.4 is 0 Å². The second kappa shape index (κ2) is 5.35. The van der Waals surface area contributed by atoms with Gasteiger partial charge in [-0.15, -0.1) is 0 Å². The standard InChI is InChI=1S/C13H18N2/c1-11-5-8-13(9-6-11)10-7-12(2)14-15(3)4/h5-10H,1-4H3/b10-7+,14-12+. The van der Waals surface area contributed by atoms with Crippen LogP contribution in [-0.2, 0) is 0 Å². The average molecular weight is 202 g/mol. The van der Waals surface area contributed by atoms with E-state index in [9.17, 15) is 0 Å². The summed E-state index contributed by atoms with van der Waals surface area (Å²) in [5.41, 5.74) is 3.49. The fourth-order valence-corrected chi connectivity index (χ4v) is 1.24. The van der Waals surface area contributed by atoms with Gasteiger partial charge in [-0.25, -0.2) is 0 Å². The van der Waals surface area contributed by atoms with E-state index in [1.165, 1.54) is 11.1 Å². The third-order valence-electron chi connectivity index (χ3n) is 1.95. The van der Waals surface area contributed by atoms with E-state index in [-0.39, 0.29) is 0 Å². The lowest BCUT2D eigenvalue weighted by Crippen LogP contribution is -2.04. The lowest BCUT2D eigenvalue weighted by Gasteiger charge is -2.03. The van der Waals surface area contributed by atoms with E-state index in [0.717, 1.165) is 5.71 Å². The Morgan fingerprint density at radius 2 is 1.80 bits per heavy atom. The third-order valence-corrected chi connectivity index (χ3v) is 1.95. The minimum atomic E-state index is 1.00. The second-order valence-corrected chi connectivity index (χ2v) is 3.83. The molecule has 15 heavy (non-hydrogen) atoms. The molecule has 0 heterocycles. The van der Waals surface area contributed by atoms with Crippen molar-refractivity contribution in [1.29, 1.82) is 0 Å². The lowest BCUT2D eigenvalue weighted by atomic mass is 10.1. The van der Waals surface area contributed by atoms with Gasteiger partial charge in [-0.2, -0.15) is 5.10 Å². The summed E-state index contributed by atoms with van der Waals surface area (Å²) in [7, 11) is 3.84. The number of hydrazone groups is 1. The van der Waals surface area contributed by atoms with Gasteiger partial charge in [-0.05, 0) is 25.5 Å². The van der Waals surface area contributed by atoms with Gasteiger partial charge in [-0.1, -0.05) is 35.9 Å². The van der Waals surface area contributed by atoms with Crippen molar-refractivity contribution in [3.63, 3.8) is 0 Å². The number of hydrogen-bond donors (Lipinski definition) is 0. The molecule has 0 aliphatic rings. The molecule has 0 fully saturated rings. The molecule has 1 aromatic carbocycles. The van der Waals surface area contributed by atoms with Gasteiger partial charge in [0.2, 0.25) is 0 Å². The summed E-state index contributed by atoms with van der Waals surface area (Å²) in [5.74, 6) is 0. The molecular formula is C13H18N2. The van der Waals surface area contributed by atoms with Crippen molar-refractivity contribution in [2.75, 3.05) is 14.1 Å². The number of aryl methyl sites for hydroxylation is 1. The van der Waals surface area contributed by atoms with Gasteiger partial charge < -0.3 is 5.01 Å². The van der Waals surface area contributed by atoms with E-state index in [0.29, 0.717) is 0 Å². The smallest absolute Gasteiger partial charge is 0.0574 e. The monoisotopic (exact) mass is 202 g/mol. The molecule has 1 aromatic rings. The minimum absolute atomic E-state index is 1.00. The molecule has 0 bridgehead atoms. The molecule has 0 saturated carbocycles. The van der Waals surface area contributed by atoms with Crippen LogP contribution in [0, 0.1) is 6.92 Å². The molecule has 0 spiro atoms. The SMILES string of the molecule is CC(/C=C/c1ccc(C)cc1)=N\N(C)C. The van der Waals surface area contributed by atoms with Crippen molar-refractivity contribution < 1.29 is 0 Å². The summed E-state index contributed by atoms with van der Waals surface area (Å²) in [6.07, 6.45) is 4.09. The predicted octanol–water partition coefficient (Wildman–Crippen LogP) is 2.95. The zero-order valence-electron chi connectivity index (χ0n) is 9.86. The Kier molecular flexibility index (Phi) is 4.10. The summed E-state index contributed by atoms with van der Waals surface area (Å²) < 4.78 is 0. The molecule has 2 heteroatoms. The van der Waals surface area contributed by atoms with E-state index in [4.69, 9.17) is 0 Å². The van der Waals surface area contributed by atoms with Crippen molar-refractivity contribution in [2.45, 2.75) is 13.8 Å². The maximum absolute atomic E-state index is 4.27. The molecule has 1 rings (SSSR count). The number of benzene rings is 1. The molecule has 80 valence electrons. The van der Waals surface area contributed by atoms with Crippen LogP contribution in [0.15, 0.2) is 35.4 Å². The van der Waals surface area contributed by atoms with Gasteiger partial charge in [0.05, 0.1) is 5.71 Å². The molecule has 0 atom stereocenters. The first kappa shape index (κ1) is 11.5. The third kappa shape index (κ3) is 4.45. The maximum Gasteiger partial charge on any atom is 0.0574 e. The van der Waals surface area contributed by atoms with Crippen LogP contribution in [0.2, 0.25) is 0 Å². The van der Waals surface area contributed by atoms with Crippen LogP contribution in [0.1, 0.15) is 18.1 Å². The Bertz CT molecular complexity index is 359. The van der Waals surface area contributed by atoms with E-state index >= 15 is 0 Å². The van der Waals surface area contributed by atoms with Crippen molar-refractivity contribution in [1.82, 2.24) is 5.01 Å². The quantitative estimate of drug-likeness (QED) is 0.543. The summed E-state index contributed by atoms with van der Waals surface area (Å²) in [5, 5.41) is 6.07. The van der Waals surface area contributed by atoms with Crippen LogP contribution in [-0.4, -0.2) is 24.8 Å². The fraction of sp³-hybridized carbons (Fsp3) is 0.308. The van der Waals surface area contributed by atoms with Gasteiger partial charge in [0.15, 0.2) is 0 Å². The molecule has 0 amide bonds. The normalized spacial score (nSPS) is 12.1. The largest absolute Gasteiger partial charge is 0.303 e. The average Bonchev–Trinajstić information content (AvgIpc) is 2.16. The molecule has 2 nitrogen and oxygen atoms in total. The van der Waals surface area contributed by atoms with Crippen molar-refractivity contribution >= 4 is 11.8 Å². The Morgan fingerprint density at radius 1 is 1.20 bits per heavy atom. The molecule has 0 aliphatic heterocycles. The van der Waals surface area contributed by atoms with Crippen molar-refractivity contribution in [3.8, 4) is 0 Å². The number of allylic oxidation sites excluding steroid dienone is 1. The lowest BCUT2D eigenvalue weighted by molar-refractivity contribution is 0.438. The van der Waals surface area contributed by atoms with Gasteiger partial charge in [-0.3, -0.25) is 0 Å². The highest BCUT2D eigenvalue weighted by molar-refractivity contribution is 5.96. The first-order valence-corrected chi connectivity index (χ1v) is 5.05. The van der Waals surface area contributed by atoms with Gasteiger partial charge >= 0.3 is 0 Å². The molecule has 0 unspecified atom stereocenters. The van der Waals surface area contributed by atoms with E-state index < -0.39 is 0 Å². The summed E-state index contributed by atoms with van der Waals surface area (Å²) in [6, 6.07) is 8.43. The summed E-state index contributed by atoms with van der Waals surface area (Å²) in [6.45, 7) is 4.08. The summed E-state index contributed by atoms with van der Waals surface area (Å²) >= 11 is 0. The van der Waals surface area contributed by atoms with E-state index in [2.05, 4.69) is 42.4 Å². The van der Waals surface area contributed by atoms with Gasteiger partial charge in [0.25, 0.3) is 0 Å². The fourth-order valence-electron chi connectivity index (χ4n) is 1.24. The van der Waals surface area contributed by atoms with Crippen LogP contribution in [0.4, 0.5) is 0 Å². The molecule has 0 aromatic heterocycles. The zero-order valence-corrected chi connectivity index (χ0v) is 9.86. The molecular weight excluding hydrogens is 184 g/mol. The zero-order chi connectivity index (χ0) is 11.3. The Balaban J connectivity index is 2.69. The highest BCUT2D eigenvalue weighted by atomic mass is 15.4. The Hall–Kier alpha value is -1.57. The topological polar surface area (TPSA) is 15.6 Å². The molecule has 0 radical (unpaired) electrons. The Labute approximate surface area is 91.9 Å². The first-order chi connectivity index (χ1) is 7.08. The van der Waals surface area contributed by atoms with Gasteiger partial charge in [0.1, 0.15) is 0 Å². The molecule has 0 aliphatic carbocycles. The number of nitrogens with zero attached hydrogens (tertiary/aromatic N) is 2. The predicted molar refractivity (Wildman–Crippen MR) is 67.0 cm³/mol. The molecule has 0 N–H and O–H groups in total. The minimum Gasteiger partial charge on any atom is -0.303 e. The summed E-state index contributed by atoms with van der Waals surface area (Å²) in [4.78, 5) is 0. The highest BCUT2D eigenvalue weighted by Crippen LogP contribution is 2.05. The van der Waals surface area contributed by atoms with Crippen LogP contribution >= 0.6 is 0 Å². The van der Waals surface area contributed by atoms with E-state index in [1.54, 1.807) is 5.01 Å². The first-order valence-electron chi connectivity index (χ1n) is 5.05.